The molecule has 0 aliphatic heterocycles. The van der Waals surface area contributed by atoms with E-state index in [9.17, 15) is 10.1 Å². The fourth-order valence-corrected chi connectivity index (χ4v) is 2.34. The van der Waals surface area contributed by atoms with Crippen LogP contribution >= 0.6 is 12.2 Å². The Kier molecular flexibility index (Phi) is 5.85. The van der Waals surface area contributed by atoms with Crippen LogP contribution in [0.5, 0.6) is 0 Å². The normalized spacial score (nSPS) is 12.4. The lowest BCUT2D eigenvalue weighted by Crippen LogP contribution is -2.35. The molecular weight excluding hydrogens is 262 g/mol. The zero-order valence-corrected chi connectivity index (χ0v) is 12.0. The summed E-state index contributed by atoms with van der Waals surface area (Å²) in [5.41, 5.74) is 6.39. The Morgan fingerprint density at radius 2 is 2.16 bits per heavy atom. The van der Waals surface area contributed by atoms with Crippen LogP contribution in [0.15, 0.2) is 24.3 Å². The lowest BCUT2D eigenvalue weighted by Gasteiger charge is -2.27. The van der Waals surface area contributed by atoms with Gasteiger partial charge in [0, 0.05) is 6.07 Å². The maximum Gasteiger partial charge on any atom is 0.274 e. The summed E-state index contributed by atoms with van der Waals surface area (Å²) in [6, 6.07) is 6.20. The topological polar surface area (TPSA) is 72.4 Å². The summed E-state index contributed by atoms with van der Waals surface area (Å²) < 4.78 is 0. The predicted octanol–water partition coefficient (Wildman–Crippen LogP) is 2.65. The maximum atomic E-state index is 11.1. The Morgan fingerprint density at radius 3 is 2.68 bits per heavy atom. The molecule has 1 aromatic carbocycles. The third kappa shape index (κ3) is 3.97. The Morgan fingerprint density at radius 1 is 1.53 bits per heavy atom. The number of para-hydroxylation sites is 1. The third-order valence-electron chi connectivity index (χ3n) is 3.00. The van der Waals surface area contributed by atoms with Crippen LogP contribution in [0.4, 0.5) is 5.69 Å². The maximum absolute atomic E-state index is 11.1. The quantitative estimate of drug-likeness (QED) is 0.472. The summed E-state index contributed by atoms with van der Waals surface area (Å²) in [6.07, 6.45) is 2.04. The molecule has 0 heterocycles. The van der Waals surface area contributed by atoms with Gasteiger partial charge in [-0.05, 0) is 20.0 Å². The lowest BCUT2D eigenvalue weighted by molar-refractivity contribution is -0.385. The number of hydrogen-bond acceptors (Lipinski definition) is 4. The van der Waals surface area contributed by atoms with Crippen LogP contribution in [0.2, 0.25) is 0 Å². The van der Waals surface area contributed by atoms with Gasteiger partial charge in [-0.3, -0.25) is 15.0 Å². The van der Waals surface area contributed by atoms with E-state index in [-0.39, 0.29) is 10.7 Å². The van der Waals surface area contributed by atoms with Gasteiger partial charge in [-0.2, -0.15) is 0 Å². The van der Waals surface area contributed by atoms with Gasteiger partial charge < -0.3 is 5.73 Å². The molecule has 1 atom stereocenters. The van der Waals surface area contributed by atoms with Gasteiger partial charge in [0.25, 0.3) is 5.69 Å². The molecule has 0 aliphatic rings. The van der Waals surface area contributed by atoms with Crippen molar-refractivity contribution in [3.8, 4) is 0 Å². The minimum Gasteiger partial charge on any atom is -0.392 e. The fraction of sp³-hybridized carbons (Fsp3) is 0.462. The van der Waals surface area contributed by atoms with E-state index in [4.69, 9.17) is 18.0 Å². The highest BCUT2D eigenvalue weighted by Gasteiger charge is 2.26. The molecule has 0 saturated carbocycles. The Balaban J connectivity index is 3.12. The zero-order valence-electron chi connectivity index (χ0n) is 11.2. The van der Waals surface area contributed by atoms with Gasteiger partial charge in [-0.15, -0.1) is 0 Å². The van der Waals surface area contributed by atoms with Crippen molar-refractivity contribution in [2.24, 2.45) is 5.73 Å². The summed E-state index contributed by atoms with van der Waals surface area (Å²) in [5.74, 6) is 0. The van der Waals surface area contributed by atoms with Crippen LogP contribution in [0, 0.1) is 10.1 Å². The zero-order chi connectivity index (χ0) is 14.4. The third-order valence-corrected chi connectivity index (χ3v) is 3.23. The molecule has 1 rings (SSSR count). The first-order chi connectivity index (χ1) is 8.99. The number of thiocarbonyl (C=S) groups is 1. The van der Waals surface area contributed by atoms with Gasteiger partial charge in [-0.25, -0.2) is 0 Å². The number of likely N-dealkylation sites (N-methyl/N-ethyl adjacent to an activating group) is 1. The molecule has 0 aromatic heterocycles. The molecule has 5 nitrogen and oxygen atoms in total. The molecule has 0 saturated heterocycles. The van der Waals surface area contributed by atoms with E-state index in [1.165, 1.54) is 6.07 Å². The molecule has 1 aromatic rings. The van der Waals surface area contributed by atoms with Gasteiger partial charge >= 0.3 is 0 Å². The van der Waals surface area contributed by atoms with Gasteiger partial charge in [0.05, 0.1) is 21.5 Å². The van der Waals surface area contributed by atoms with Crippen LogP contribution in [0.1, 0.15) is 31.4 Å². The number of nitro benzene ring substituents is 1. The second kappa shape index (κ2) is 7.16. The summed E-state index contributed by atoms with van der Waals surface area (Å²) in [5, 5.41) is 11.1. The second-order valence-electron chi connectivity index (χ2n) is 4.45. The van der Waals surface area contributed by atoms with E-state index in [2.05, 4.69) is 6.92 Å². The molecule has 0 amide bonds. The highest BCUT2D eigenvalue weighted by atomic mass is 32.1. The molecule has 19 heavy (non-hydrogen) atoms. The molecule has 1 unspecified atom stereocenters. The van der Waals surface area contributed by atoms with Crippen LogP contribution in [0.25, 0.3) is 0 Å². The first kappa shape index (κ1) is 15.5. The van der Waals surface area contributed by atoms with Crippen LogP contribution < -0.4 is 5.73 Å². The molecular formula is C13H19N3O2S. The monoisotopic (exact) mass is 281 g/mol. The highest BCUT2D eigenvalue weighted by Crippen LogP contribution is 2.28. The van der Waals surface area contributed by atoms with Crippen molar-refractivity contribution in [1.29, 1.82) is 0 Å². The van der Waals surface area contributed by atoms with Gasteiger partial charge in [0.1, 0.15) is 0 Å². The lowest BCUT2D eigenvalue weighted by atomic mass is 10.0. The molecule has 0 aliphatic carbocycles. The average molecular weight is 281 g/mol. The molecule has 0 bridgehead atoms. The Labute approximate surface area is 118 Å². The first-order valence-electron chi connectivity index (χ1n) is 6.22. The van der Waals surface area contributed by atoms with E-state index in [0.29, 0.717) is 5.56 Å². The first-order valence-corrected chi connectivity index (χ1v) is 6.62. The van der Waals surface area contributed by atoms with Crippen molar-refractivity contribution in [3.05, 3.63) is 39.9 Å². The molecule has 0 radical (unpaired) electrons. The number of unbranched alkanes of at least 4 members (excludes halogenated alkanes) is 1. The summed E-state index contributed by atoms with van der Waals surface area (Å²) in [7, 11) is 1.89. The summed E-state index contributed by atoms with van der Waals surface area (Å²) in [4.78, 5) is 12.9. The average Bonchev–Trinajstić information content (AvgIpc) is 2.36. The number of rotatable bonds is 7. The summed E-state index contributed by atoms with van der Waals surface area (Å²) in [6.45, 7) is 2.89. The molecule has 0 spiro atoms. The van der Waals surface area contributed by atoms with Crippen LogP contribution in [-0.4, -0.2) is 28.4 Å². The molecule has 6 heteroatoms. The van der Waals surface area contributed by atoms with Gasteiger partial charge in [0.2, 0.25) is 0 Å². The molecule has 104 valence electrons. The van der Waals surface area contributed by atoms with Crippen LogP contribution in [-0.2, 0) is 0 Å². The predicted molar refractivity (Wildman–Crippen MR) is 80.2 cm³/mol. The standard InChI is InChI=1S/C13H19N3O2S/c1-3-4-9-15(2)12(13(14)19)10-7-5-6-8-11(10)16(17)18/h5-8,12H,3-4,9H2,1-2H3,(H2,14,19). The SMILES string of the molecule is CCCCN(C)C(C(N)=S)c1ccccc1[N+](=O)[O-]. The van der Waals surface area contributed by atoms with Crippen LogP contribution in [0.3, 0.4) is 0 Å². The van der Waals surface area contributed by atoms with E-state index in [1.807, 2.05) is 11.9 Å². The molecule has 0 fully saturated rings. The van der Waals surface area contributed by atoms with Crippen molar-refractivity contribution in [2.75, 3.05) is 13.6 Å². The minimum absolute atomic E-state index is 0.0589. The number of benzene rings is 1. The van der Waals surface area contributed by atoms with Crippen molar-refractivity contribution < 1.29 is 4.92 Å². The Hall–Kier alpha value is -1.53. The van der Waals surface area contributed by atoms with Crippen molar-refractivity contribution in [3.63, 3.8) is 0 Å². The van der Waals surface area contributed by atoms with Crippen molar-refractivity contribution in [2.45, 2.75) is 25.8 Å². The van der Waals surface area contributed by atoms with E-state index in [0.717, 1.165) is 19.4 Å². The largest absolute Gasteiger partial charge is 0.392 e. The number of hydrogen-bond donors (Lipinski definition) is 1. The number of nitrogens with two attached hydrogens (primary N) is 1. The smallest absolute Gasteiger partial charge is 0.274 e. The number of nitro groups is 1. The van der Waals surface area contributed by atoms with Gasteiger partial charge in [-0.1, -0.05) is 43.8 Å². The van der Waals surface area contributed by atoms with E-state index in [1.54, 1.807) is 18.2 Å². The minimum atomic E-state index is -0.400. The highest BCUT2D eigenvalue weighted by molar-refractivity contribution is 7.80. The molecule has 2 N–H and O–H groups in total. The second-order valence-corrected chi connectivity index (χ2v) is 4.93. The Bertz CT molecular complexity index is 465. The van der Waals surface area contributed by atoms with E-state index < -0.39 is 11.0 Å². The van der Waals surface area contributed by atoms with Crippen molar-refractivity contribution in [1.82, 2.24) is 4.90 Å². The summed E-state index contributed by atoms with van der Waals surface area (Å²) >= 11 is 5.09. The fourth-order valence-electron chi connectivity index (χ4n) is 2.03. The van der Waals surface area contributed by atoms with Crippen molar-refractivity contribution >= 4 is 22.9 Å². The number of nitrogens with zero attached hydrogens (tertiary/aromatic N) is 2. The van der Waals surface area contributed by atoms with E-state index >= 15 is 0 Å². The van der Waals surface area contributed by atoms with Gasteiger partial charge in [0.15, 0.2) is 0 Å².